The molecule has 0 aromatic carbocycles. The molecule has 0 saturated heterocycles. The van der Waals surface area contributed by atoms with E-state index in [2.05, 4.69) is 4.72 Å². The first-order valence-corrected chi connectivity index (χ1v) is 6.95. The summed E-state index contributed by atoms with van der Waals surface area (Å²) in [6, 6.07) is -1.18. The number of carbonyl (C=O) groups is 1. The minimum Gasteiger partial charge on any atom is -0.480 e. The van der Waals surface area contributed by atoms with E-state index >= 15 is 0 Å². The maximum Gasteiger partial charge on any atom is 0.321 e. The van der Waals surface area contributed by atoms with Gasteiger partial charge in [-0.15, -0.1) is 0 Å². The Morgan fingerprint density at radius 1 is 1.38 bits per heavy atom. The molecule has 1 fully saturated rings. The molecule has 1 aliphatic rings. The molecule has 0 aliphatic heterocycles. The number of rotatable bonds is 5. The molecular formula is C9H18N2O4S. The molecule has 1 atom stereocenters. The highest BCUT2D eigenvalue weighted by atomic mass is 32.2. The summed E-state index contributed by atoms with van der Waals surface area (Å²) in [5.41, 5.74) is 5.23. The monoisotopic (exact) mass is 250 g/mol. The number of nitrogens with one attached hydrogen (secondary N) is 1. The van der Waals surface area contributed by atoms with Crippen molar-refractivity contribution in [2.45, 2.75) is 43.4 Å². The van der Waals surface area contributed by atoms with E-state index in [-0.39, 0.29) is 11.8 Å². The molecule has 0 heterocycles. The number of nitrogens with two attached hydrogens (primary N) is 1. The number of carboxylic acids is 1. The second-order valence-corrected chi connectivity index (χ2v) is 6.14. The van der Waals surface area contributed by atoms with Crippen LogP contribution in [-0.2, 0) is 14.8 Å². The second-order valence-electron chi connectivity index (χ2n) is 4.10. The Kier molecular flexibility index (Phi) is 4.69. The van der Waals surface area contributed by atoms with Crippen molar-refractivity contribution in [3.8, 4) is 0 Å². The number of hydrogen-bond donors (Lipinski definition) is 3. The van der Waals surface area contributed by atoms with Crippen LogP contribution in [0.25, 0.3) is 0 Å². The minimum absolute atomic E-state index is 0.242. The van der Waals surface area contributed by atoms with Gasteiger partial charge in [-0.05, 0) is 12.8 Å². The molecule has 0 bridgehead atoms. The summed E-state index contributed by atoms with van der Waals surface area (Å²) in [6.07, 6.45) is 4.20. The Balaban J connectivity index is 2.47. The molecule has 1 rings (SSSR count). The van der Waals surface area contributed by atoms with Crippen LogP contribution in [0.3, 0.4) is 0 Å². The van der Waals surface area contributed by atoms with Crippen molar-refractivity contribution < 1.29 is 18.3 Å². The molecule has 1 saturated carbocycles. The lowest BCUT2D eigenvalue weighted by atomic mass is 10.0. The van der Waals surface area contributed by atoms with Gasteiger partial charge in [0.05, 0.1) is 5.25 Å². The van der Waals surface area contributed by atoms with Crippen LogP contribution in [-0.4, -0.2) is 37.3 Å². The Labute approximate surface area is 95.3 Å². The minimum atomic E-state index is -3.41. The fourth-order valence-electron chi connectivity index (χ4n) is 1.79. The SMILES string of the molecule is NC(CNS(=O)(=O)C1CCCCC1)C(=O)O. The summed E-state index contributed by atoms with van der Waals surface area (Å²) in [5.74, 6) is -1.20. The third-order valence-electron chi connectivity index (χ3n) is 2.81. The molecule has 6 nitrogen and oxygen atoms in total. The van der Waals surface area contributed by atoms with Gasteiger partial charge in [-0.3, -0.25) is 4.79 Å². The Bertz CT molecular complexity index is 335. The van der Waals surface area contributed by atoms with Gasteiger partial charge in [-0.25, -0.2) is 13.1 Å². The number of sulfonamides is 1. The number of hydrogen-bond acceptors (Lipinski definition) is 4. The average Bonchev–Trinajstić information content (AvgIpc) is 2.27. The first kappa shape index (κ1) is 13.4. The zero-order chi connectivity index (χ0) is 12.2. The summed E-state index contributed by atoms with van der Waals surface area (Å²) in [6.45, 7) is -0.242. The highest BCUT2D eigenvalue weighted by Crippen LogP contribution is 2.22. The molecule has 1 aliphatic carbocycles. The van der Waals surface area contributed by atoms with Gasteiger partial charge in [0.15, 0.2) is 0 Å². The van der Waals surface area contributed by atoms with Crippen molar-refractivity contribution in [1.29, 1.82) is 0 Å². The molecule has 0 aromatic heterocycles. The van der Waals surface area contributed by atoms with Gasteiger partial charge >= 0.3 is 5.97 Å². The maximum absolute atomic E-state index is 11.8. The summed E-state index contributed by atoms with van der Waals surface area (Å²) < 4.78 is 25.8. The van der Waals surface area contributed by atoms with E-state index < -0.39 is 22.0 Å². The van der Waals surface area contributed by atoms with Crippen molar-refractivity contribution in [2.75, 3.05) is 6.54 Å². The van der Waals surface area contributed by atoms with Gasteiger partial charge in [0.25, 0.3) is 0 Å². The molecule has 94 valence electrons. The van der Waals surface area contributed by atoms with Gasteiger partial charge in [-0.1, -0.05) is 19.3 Å². The first-order chi connectivity index (χ1) is 7.43. The summed E-state index contributed by atoms with van der Waals surface area (Å²) in [4.78, 5) is 10.4. The third-order valence-corrected chi connectivity index (χ3v) is 4.73. The van der Waals surface area contributed by atoms with Gasteiger partial charge in [0.1, 0.15) is 6.04 Å². The molecule has 16 heavy (non-hydrogen) atoms. The molecule has 0 aromatic rings. The quantitative estimate of drug-likeness (QED) is 0.618. The van der Waals surface area contributed by atoms with Crippen LogP contribution in [0.15, 0.2) is 0 Å². The second kappa shape index (κ2) is 5.60. The normalized spacial score (nSPS) is 20.6. The smallest absolute Gasteiger partial charge is 0.321 e. The summed E-state index contributed by atoms with van der Waals surface area (Å²) in [7, 11) is -3.41. The summed E-state index contributed by atoms with van der Waals surface area (Å²) >= 11 is 0. The molecule has 0 radical (unpaired) electrons. The Morgan fingerprint density at radius 3 is 2.44 bits per heavy atom. The molecular weight excluding hydrogens is 232 g/mol. The largest absolute Gasteiger partial charge is 0.480 e. The average molecular weight is 250 g/mol. The van der Waals surface area contributed by atoms with E-state index in [0.717, 1.165) is 19.3 Å². The Morgan fingerprint density at radius 2 is 1.94 bits per heavy atom. The zero-order valence-corrected chi connectivity index (χ0v) is 9.87. The van der Waals surface area contributed by atoms with E-state index in [1.807, 2.05) is 0 Å². The van der Waals surface area contributed by atoms with Gasteiger partial charge in [0.2, 0.25) is 10.0 Å². The van der Waals surface area contributed by atoms with Crippen LogP contribution in [0.2, 0.25) is 0 Å². The van der Waals surface area contributed by atoms with E-state index in [4.69, 9.17) is 10.8 Å². The fourth-order valence-corrected chi connectivity index (χ4v) is 3.39. The van der Waals surface area contributed by atoms with Crippen LogP contribution in [0.4, 0.5) is 0 Å². The van der Waals surface area contributed by atoms with Crippen LogP contribution in [0.1, 0.15) is 32.1 Å². The van der Waals surface area contributed by atoms with Gasteiger partial charge in [0, 0.05) is 6.54 Å². The van der Waals surface area contributed by atoms with Crippen molar-refractivity contribution >= 4 is 16.0 Å². The van der Waals surface area contributed by atoms with Crippen molar-refractivity contribution in [1.82, 2.24) is 4.72 Å². The van der Waals surface area contributed by atoms with Gasteiger partial charge in [-0.2, -0.15) is 0 Å². The molecule has 7 heteroatoms. The number of aliphatic carboxylic acids is 1. The molecule has 0 spiro atoms. The van der Waals surface area contributed by atoms with Gasteiger partial charge < -0.3 is 10.8 Å². The maximum atomic E-state index is 11.8. The standard InChI is InChI=1S/C9H18N2O4S/c10-8(9(12)13)6-11-16(14,15)7-4-2-1-3-5-7/h7-8,11H,1-6,10H2,(H,12,13). The zero-order valence-electron chi connectivity index (χ0n) is 9.05. The van der Waals surface area contributed by atoms with Crippen LogP contribution in [0, 0.1) is 0 Å². The van der Waals surface area contributed by atoms with Crippen LogP contribution in [0.5, 0.6) is 0 Å². The first-order valence-electron chi connectivity index (χ1n) is 5.40. The topological polar surface area (TPSA) is 109 Å². The lowest BCUT2D eigenvalue weighted by Gasteiger charge is -2.22. The Hall–Kier alpha value is -0.660. The summed E-state index contributed by atoms with van der Waals surface area (Å²) in [5, 5.41) is 8.14. The van der Waals surface area contributed by atoms with E-state index in [0.29, 0.717) is 12.8 Å². The van der Waals surface area contributed by atoms with Crippen molar-refractivity contribution in [3.63, 3.8) is 0 Å². The predicted molar refractivity (Wildman–Crippen MR) is 59.4 cm³/mol. The third kappa shape index (κ3) is 3.73. The molecule has 1 unspecified atom stereocenters. The lowest BCUT2D eigenvalue weighted by molar-refractivity contribution is -0.138. The highest BCUT2D eigenvalue weighted by molar-refractivity contribution is 7.90. The van der Waals surface area contributed by atoms with Crippen molar-refractivity contribution in [2.24, 2.45) is 5.73 Å². The van der Waals surface area contributed by atoms with Crippen molar-refractivity contribution in [3.05, 3.63) is 0 Å². The number of carboxylic acid groups (broad SMARTS) is 1. The predicted octanol–water partition coefficient (Wildman–Crippen LogP) is -0.350. The van der Waals surface area contributed by atoms with Crippen LogP contribution < -0.4 is 10.5 Å². The molecule has 0 amide bonds. The van der Waals surface area contributed by atoms with E-state index in [9.17, 15) is 13.2 Å². The lowest BCUT2D eigenvalue weighted by Crippen LogP contribution is -2.45. The van der Waals surface area contributed by atoms with E-state index in [1.165, 1.54) is 0 Å². The van der Waals surface area contributed by atoms with E-state index in [1.54, 1.807) is 0 Å². The highest BCUT2D eigenvalue weighted by Gasteiger charge is 2.27. The van der Waals surface area contributed by atoms with Crippen LogP contribution >= 0.6 is 0 Å². The molecule has 4 N–H and O–H groups in total. The fraction of sp³-hybridized carbons (Fsp3) is 0.889.